The monoisotopic (exact) mass is 580 g/mol. The number of benzene rings is 3. The van der Waals surface area contributed by atoms with Gasteiger partial charge in [0.2, 0.25) is 0 Å². The summed E-state index contributed by atoms with van der Waals surface area (Å²) in [4.78, 5) is 10.3. The summed E-state index contributed by atoms with van der Waals surface area (Å²) in [7, 11) is 0. The van der Waals surface area contributed by atoms with Crippen LogP contribution in [0.25, 0.3) is 6.08 Å². The smallest absolute Gasteiger partial charge is 0.0702 e. The van der Waals surface area contributed by atoms with Crippen molar-refractivity contribution in [3.05, 3.63) is 101 Å². The van der Waals surface area contributed by atoms with Crippen molar-refractivity contribution in [2.24, 2.45) is 9.98 Å². The molecule has 0 N–H and O–H groups in total. The minimum atomic E-state index is 0. The average Bonchev–Trinajstić information content (AvgIpc) is 2.89. The molecular formula is C37H50N2Ni. The van der Waals surface area contributed by atoms with Gasteiger partial charge in [-0.3, -0.25) is 9.98 Å². The quantitative estimate of drug-likeness (QED) is 0.187. The average molecular weight is 582 g/mol. The van der Waals surface area contributed by atoms with Crippen LogP contribution in [0.2, 0.25) is 0 Å². The number of hydrogen-bond acceptors (Lipinski definition) is 2. The Balaban J connectivity index is 0.000000678. The zero-order valence-corrected chi connectivity index (χ0v) is 27.5. The topological polar surface area (TPSA) is 24.7 Å². The van der Waals surface area contributed by atoms with E-state index in [0.29, 0.717) is 23.7 Å². The van der Waals surface area contributed by atoms with Crippen LogP contribution in [-0.2, 0) is 16.5 Å². The van der Waals surface area contributed by atoms with E-state index in [-0.39, 0.29) is 16.5 Å². The van der Waals surface area contributed by atoms with E-state index < -0.39 is 0 Å². The van der Waals surface area contributed by atoms with Gasteiger partial charge in [0.05, 0.1) is 22.8 Å². The molecule has 218 valence electrons. The summed E-state index contributed by atoms with van der Waals surface area (Å²) in [5, 5.41) is 0. The molecule has 3 rings (SSSR count). The van der Waals surface area contributed by atoms with Crippen LogP contribution in [0, 0.1) is 0 Å². The number of para-hydroxylation sites is 2. The molecule has 0 aromatic heterocycles. The van der Waals surface area contributed by atoms with Gasteiger partial charge in [0, 0.05) is 16.5 Å². The molecular weight excluding hydrogens is 531 g/mol. The van der Waals surface area contributed by atoms with Crippen LogP contribution in [0.1, 0.15) is 128 Å². The number of hydrogen-bond donors (Lipinski definition) is 0. The molecule has 0 heterocycles. The molecule has 0 aliphatic carbocycles. The molecule has 0 aliphatic rings. The molecule has 3 heteroatoms. The van der Waals surface area contributed by atoms with Crippen molar-refractivity contribution in [1.82, 2.24) is 0 Å². The molecule has 0 atom stereocenters. The molecule has 0 saturated carbocycles. The van der Waals surface area contributed by atoms with Gasteiger partial charge in [-0.1, -0.05) is 134 Å². The molecule has 0 unspecified atom stereocenters. The molecule has 0 saturated heterocycles. The largest absolute Gasteiger partial charge is 0.251 e. The Morgan fingerprint density at radius 2 is 0.850 bits per heavy atom. The van der Waals surface area contributed by atoms with Crippen LogP contribution < -0.4 is 0 Å². The van der Waals surface area contributed by atoms with Gasteiger partial charge in [-0.2, -0.15) is 0 Å². The fourth-order valence-corrected chi connectivity index (χ4v) is 4.54. The molecule has 0 bridgehead atoms. The summed E-state index contributed by atoms with van der Waals surface area (Å²) in [6, 6.07) is 23.4. The van der Waals surface area contributed by atoms with Gasteiger partial charge in [-0.15, -0.1) is 0 Å². The Morgan fingerprint density at radius 3 is 1.12 bits per heavy atom. The molecule has 2 nitrogen and oxygen atoms in total. The minimum Gasteiger partial charge on any atom is -0.251 e. The van der Waals surface area contributed by atoms with Crippen molar-refractivity contribution in [3.63, 3.8) is 0 Å². The molecule has 40 heavy (non-hydrogen) atoms. The van der Waals surface area contributed by atoms with Crippen molar-refractivity contribution in [3.8, 4) is 0 Å². The Hall–Kier alpha value is -2.77. The maximum absolute atomic E-state index is 5.13. The van der Waals surface area contributed by atoms with Gasteiger partial charge in [0.15, 0.2) is 0 Å². The minimum absolute atomic E-state index is 0. The summed E-state index contributed by atoms with van der Waals surface area (Å²) < 4.78 is 0. The summed E-state index contributed by atoms with van der Waals surface area (Å²) in [6.45, 7) is 24.1. The van der Waals surface area contributed by atoms with Gasteiger partial charge in [0.1, 0.15) is 0 Å². The van der Waals surface area contributed by atoms with Crippen LogP contribution in [0.3, 0.4) is 0 Å². The Labute approximate surface area is 255 Å². The van der Waals surface area contributed by atoms with E-state index in [1.54, 1.807) is 0 Å². The summed E-state index contributed by atoms with van der Waals surface area (Å²) in [5.41, 5.74) is 10.7. The van der Waals surface area contributed by atoms with Gasteiger partial charge in [-0.05, 0) is 72.3 Å². The van der Waals surface area contributed by atoms with E-state index >= 15 is 0 Å². The van der Waals surface area contributed by atoms with E-state index in [1.165, 1.54) is 27.8 Å². The predicted molar refractivity (Wildman–Crippen MR) is 176 cm³/mol. The van der Waals surface area contributed by atoms with Gasteiger partial charge in [-0.25, -0.2) is 0 Å². The number of aliphatic imine (C=N–C) groups is 2. The third-order valence-corrected chi connectivity index (χ3v) is 6.93. The third kappa shape index (κ3) is 10.0. The predicted octanol–water partition coefficient (Wildman–Crippen LogP) is 11.8. The number of nitrogens with zero attached hydrogens (tertiary/aromatic N) is 2. The fourth-order valence-electron chi connectivity index (χ4n) is 4.54. The van der Waals surface area contributed by atoms with Crippen LogP contribution in [-0.4, -0.2) is 11.4 Å². The van der Waals surface area contributed by atoms with Crippen LogP contribution >= 0.6 is 0 Å². The van der Waals surface area contributed by atoms with Crippen LogP contribution in [0.5, 0.6) is 0 Å². The van der Waals surface area contributed by atoms with Crippen molar-refractivity contribution < 1.29 is 16.5 Å². The molecule has 0 spiro atoms. The number of allylic oxidation sites excluding steroid dienone is 1. The molecule has 0 aliphatic heterocycles. The second kappa shape index (κ2) is 17.1. The van der Waals surface area contributed by atoms with Crippen LogP contribution in [0.15, 0.2) is 82.8 Å². The van der Waals surface area contributed by atoms with Crippen molar-refractivity contribution >= 4 is 28.9 Å². The SMILES string of the molecule is C/C=C/c1ccccc1.CC(=Nc1c(C(C)C)cccc1C(C)C)C(C)=Nc1c(C(C)C)cccc1C(C)C.[Ni]. The second-order valence-electron chi connectivity index (χ2n) is 11.5. The summed E-state index contributed by atoms with van der Waals surface area (Å²) in [5.74, 6) is 1.73. The Kier molecular flexibility index (Phi) is 15.1. The summed E-state index contributed by atoms with van der Waals surface area (Å²) in [6.07, 6.45) is 4.12. The normalized spacial score (nSPS) is 12.3. The maximum atomic E-state index is 5.13. The van der Waals surface area contributed by atoms with Crippen molar-refractivity contribution in [1.29, 1.82) is 0 Å². The van der Waals surface area contributed by atoms with E-state index in [2.05, 4.69) is 124 Å². The fraction of sp³-hybridized carbons (Fsp3) is 0.405. The standard InChI is InChI=1S/C28H40N2.C9H10.Ni/c1-17(2)23-13-11-14-24(18(3)4)27(23)29-21(9)22(10)30-28-25(19(5)6)15-12-16-26(28)20(7)8;1-2-6-9-7-4-3-5-8-9;/h11-20H,1-10H3;2-8H,1H3;/b;6-2+;. The molecule has 0 amide bonds. The first-order chi connectivity index (χ1) is 18.5. The first kappa shape index (κ1) is 35.3. The Bertz CT molecular complexity index is 1150. The third-order valence-electron chi connectivity index (χ3n) is 6.93. The van der Waals surface area contributed by atoms with Gasteiger partial charge >= 0.3 is 0 Å². The van der Waals surface area contributed by atoms with Crippen LogP contribution in [0.4, 0.5) is 11.4 Å². The van der Waals surface area contributed by atoms with Gasteiger partial charge in [0.25, 0.3) is 0 Å². The van der Waals surface area contributed by atoms with Crippen molar-refractivity contribution in [2.75, 3.05) is 0 Å². The van der Waals surface area contributed by atoms with E-state index in [9.17, 15) is 0 Å². The summed E-state index contributed by atoms with van der Waals surface area (Å²) >= 11 is 0. The second-order valence-corrected chi connectivity index (χ2v) is 11.5. The van der Waals surface area contributed by atoms with Gasteiger partial charge < -0.3 is 0 Å². The number of rotatable bonds is 8. The zero-order chi connectivity index (χ0) is 29.1. The maximum Gasteiger partial charge on any atom is 0.0702 e. The van der Waals surface area contributed by atoms with Crippen molar-refractivity contribution in [2.45, 2.75) is 99.8 Å². The van der Waals surface area contributed by atoms with E-state index in [4.69, 9.17) is 9.98 Å². The van der Waals surface area contributed by atoms with E-state index in [1.807, 2.05) is 31.2 Å². The zero-order valence-electron chi connectivity index (χ0n) is 26.5. The molecule has 0 fully saturated rings. The Morgan fingerprint density at radius 1 is 0.525 bits per heavy atom. The first-order valence-electron chi connectivity index (χ1n) is 14.5. The molecule has 0 radical (unpaired) electrons. The molecule has 3 aromatic carbocycles. The van der Waals surface area contributed by atoms with E-state index in [0.717, 1.165) is 22.8 Å². The first-order valence-corrected chi connectivity index (χ1v) is 14.5. The molecule has 3 aromatic rings.